The second-order valence-corrected chi connectivity index (χ2v) is 18.1. The quantitative estimate of drug-likeness (QED) is 0.0633. The van der Waals surface area contributed by atoms with E-state index in [4.69, 9.17) is 0 Å². The van der Waals surface area contributed by atoms with Gasteiger partial charge in [-0.05, 0) is 87.6 Å². The van der Waals surface area contributed by atoms with Crippen molar-refractivity contribution in [2.45, 2.75) is 87.3 Å². The third-order valence-corrected chi connectivity index (χ3v) is 12.4. The highest BCUT2D eigenvalue weighted by Gasteiger charge is 2.45. The molecule has 0 aliphatic carbocycles. The molecule has 0 saturated heterocycles. The lowest BCUT2D eigenvalue weighted by atomic mass is 9.81. The Bertz CT molecular complexity index is 2350. The molecule has 3 aromatic carbocycles. The zero-order valence-corrected chi connectivity index (χ0v) is 34.8. The Morgan fingerprint density at radius 3 is 2.21 bits per heavy atom. The third kappa shape index (κ3) is 10.2. The van der Waals surface area contributed by atoms with Crippen LogP contribution in [-0.2, 0) is 47.1 Å². The van der Waals surface area contributed by atoms with Gasteiger partial charge in [-0.2, -0.15) is 13.0 Å². The fraction of sp³-hybridized carbons (Fsp3) is 0.372. The van der Waals surface area contributed by atoms with Crippen LogP contribution < -0.4 is 15.5 Å². The number of unbranched alkanes of at least 4 members (excludes halogenated alkanes) is 2. The van der Waals surface area contributed by atoms with Crippen molar-refractivity contribution in [3.05, 3.63) is 119 Å². The summed E-state index contributed by atoms with van der Waals surface area (Å²) >= 11 is 0. The summed E-state index contributed by atoms with van der Waals surface area (Å²) in [5.41, 5.74) is 5.01. The first-order valence-electron chi connectivity index (χ1n) is 19.1. The van der Waals surface area contributed by atoms with Gasteiger partial charge in [0.25, 0.3) is 10.1 Å². The second kappa shape index (κ2) is 17.7. The molecule has 0 radical (unpaired) electrons. The second-order valence-electron chi connectivity index (χ2n) is 15.3. The molecule has 12 nitrogen and oxygen atoms in total. The molecule has 0 fully saturated rings. The van der Waals surface area contributed by atoms with Gasteiger partial charge in [0.15, 0.2) is 5.71 Å². The van der Waals surface area contributed by atoms with Gasteiger partial charge in [0.1, 0.15) is 16.7 Å². The molecule has 0 spiro atoms. The van der Waals surface area contributed by atoms with Crippen LogP contribution in [0.15, 0.2) is 113 Å². The Balaban J connectivity index is 1.25. The van der Waals surface area contributed by atoms with E-state index >= 15 is 0 Å². The van der Waals surface area contributed by atoms with E-state index in [0.29, 0.717) is 32.5 Å². The Morgan fingerprint density at radius 2 is 1.53 bits per heavy atom. The van der Waals surface area contributed by atoms with E-state index in [9.17, 15) is 35.5 Å². The van der Waals surface area contributed by atoms with Gasteiger partial charge in [-0.3, -0.25) is 14.1 Å². The van der Waals surface area contributed by atoms with Crippen molar-refractivity contribution in [3.63, 3.8) is 0 Å². The summed E-state index contributed by atoms with van der Waals surface area (Å²) < 4.78 is 71.4. The highest BCUT2D eigenvalue weighted by molar-refractivity contribution is 7.86. The largest absolute Gasteiger partial charge is 0.744 e. The van der Waals surface area contributed by atoms with Crippen LogP contribution in [0.2, 0.25) is 0 Å². The Morgan fingerprint density at radius 1 is 0.825 bits per heavy atom. The topological polar surface area (TPSA) is 176 Å². The van der Waals surface area contributed by atoms with Gasteiger partial charge >= 0.3 is 0 Å². The van der Waals surface area contributed by atoms with E-state index in [0.717, 1.165) is 52.3 Å². The summed E-state index contributed by atoms with van der Waals surface area (Å²) in [5, 5.41) is 5.52. The summed E-state index contributed by atoms with van der Waals surface area (Å²) in [6.45, 7) is 11.6. The number of fused-ring (bicyclic) bond motifs is 2. The first kappa shape index (κ1) is 43.2. The number of nitrogens with zero attached hydrogens (tertiary/aromatic N) is 2. The van der Waals surface area contributed by atoms with Crippen LogP contribution in [0.3, 0.4) is 0 Å². The molecule has 57 heavy (non-hydrogen) atoms. The first-order chi connectivity index (χ1) is 26.9. The van der Waals surface area contributed by atoms with Gasteiger partial charge in [-0.25, -0.2) is 8.42 Å². The number of carbonyl (C=O) groups excluding carboxylic acids is 2. The van der Waals surface area contributed by atoms with Crippen LogP contribution in [-0.4, -0.2) is 74.2 Å². The van der Waals surface area contributed by atoms with Crippen molar-refractivity contribution in [2.24, 2.45) is 0 Å². The van der Waals surface area contributed by atoms with E-state index in [2.05, 4.69) is 20.1 Å². The molecule has 2 aliphatic heterocycles. The van der Waals surface area contributed by atoms with Crippen molar-refractivity contribution >= 4 is 49.1 Å². The summed E-state index contributed by atoms with van der Waals surface area (Å²) in [7, 11) is -9.03. The van der Waals surface area contributed by atoms with Gasteiger partial charge in [-0.1, -0.05) is 62.4 Å². The molecule has 3 N–H and O–H groups in total. The molecule has 0 aromatic heterocycles. The smallest absolute Gasteiger partial charge is 0.294 e. The molecule has 14 heteroatoms. The number of hydrogen-bond acceptors (Lipinski definition) is 8. The van der Waals surface area contributed by atoms with E-state index in [-0.39, 0.29) is 34.6 Å². The fourth-order valence-electron chi connectivity index (χ4n) is 7.62. The van der Waals surface area contributed by atoms with Crippen LogP contribution in [0, 0.1) is 0 Å². The lowest BCUT2D eigenvalue weighted by Crippen LogP contribution is -2.37. The van der Waals surface area contributed by atoms with E-state index in [1.54, 1.807) is 12.1 Å². The molecule has 0 atom stereocenters. The molecule has 2 amide bonds. The van der Waals surface area contributed by atoms with Crippen LogP contribution in [0.4, 0.5) is 11.4 Å². The SMILES string of the molecule is CCN1C(=CC=CC=CC2=[N+](CCCCCC(=O)NCC(=O)NCCc3ccccc3)c3ccc(S(=O)(=O)O)cc3C2(C)C)C(C)(C)c2cc(S(=O)(=O)[O-])ccc21. The van der Waals surface area contributed by atoms with Crippen molar-refractivity contribution in [1.82, 2.24) is 10.6 Å². The summed E-state index contributed by atoms with van der Waals surface area (Å²) in [6, 6.07) is 19.0. The van der Waals surface area contributed by atoms with Gasteiger partial charge in [-0.15, -0.1) is 0 Å². The minimum absolute atomic E-state index is 0.0763. The number of nitrogens with one attached hydrogen (secondary N) is 2. The molecule has 3 aromatic rings. The highest BCUT2D eigenvalue weighted by Crippen LogP contribution is 2.48. The lowest BCUT2D eigenvalue weighted by Gasteiger charge is -2.25. The standard InChI is InChI=1S/C43H52N4O8S2/c1-6-46-36-23-21-32(56(50,51)52)28-34(36)42(2,3)38(46)18-12-8-13-19-39-43(4,5)35-29-33(57(53,54)55)22-24-37(35)47(39)27-15-9-14-20-40(48)45-30-41(49)44-26-25-31-16-10-7-11-17-31/h7-8,10-13,16-19,21-24,28-29H,6,9,14-15,20,25-27,30H2,1-5H3,(H3-,44,45,48,49,50,51,52,53,54,55). The Kier molecular flexibility index (Phi) is 13.4. The molecule has 5 rings (SSSR count). The van der Waals surface area contributed by atoms with Crippen molar-refractivity contribution < 1.29 is 40.1 Å². The molecular formula is C43H52N4O8S2. The number of amides is 2. The van der Waals surface area contributed by atoms with E-state index < -0.39 is 31.1 Å². The van der Waals surface area contributed by atoms with Crippen molar-refractivity contribution in [2.75, 3.05) is 31.1 Å². The monoisotopic (exact) mass is 816 g/mol. The number of carbonyl (C=O) groups is 2. The maximum absolute atomic E-state index is 12.5. The van der Waals surface area contributed by atoms with Crippen LogP contribution in [0.25, 0.3) is 0 Å². The predicted molar refractivity (Wildman–Crippen MR) is 221 cm³/mol. The number of rotatable bonds is 17. The zero-order chi connectivity index (χ0) is 41.6. The maximum atomic E-state index is 12.5. The summed E-state index contributed by atoms with van der Waals surface area (Å²) in [5.74, 6) is -0.428. The fourth-order valence-corrected chi connectivity index (χ4v) is 8.62. The van der Waals surface area contributed by atoms with Crippen LogP contribution in [0.1, 0.15) is 77.0 Å². The van der Waals surface area contributed by atoms with Crippen molar-refractivity contribution in [1.29, 1.82) is 0 Å². The summed E-state index contributed by atoms with van der Waals surface area (Å²) in [4.78, 5) is 26.3. The summed E-state index contributed by atoms with van der Waals surface area (Å²) in [6.07, 6.45) is 12.8. The molecule has 0 saturated carbocycles. The van der Waals surface area contributed by atoms with Gasteiger partial charge in [0.05, 0.1) is 21.8 Å². The molecule has 304 valence electrons. The van der Waals surface area contributed by atoms with Gasteiger partial charge < -0.3 is 20.1 Å². The van der Waals surface area contributed by atoms with Gasteiger partial charge in [0.2, 0.25) is 17.5 Å². The predicted octanol–water partition coefficient (Wildman–Crippen LogP) is 6.06. The van der Waals surface area contributed by atoms with Gasteiger partial charge in [0, 0.05) is 60.4 Å². The third-order valence-electron chi connectivity index (χ3n) is 10.7. The molecule has 2 aliphatic rings. The van der Waals surface area contributed by atoms with Crippen molar-refractivity contribution in [3.8, 4) is 0 Å². The molecule has 0 bridgehead atoms. The normalized spacial score (nSPS) is 16.8. The minimum atomic E-state index is -4.61. The maximum Gasteiger partial charge on any atom is 0.294 e. The number of benzene rings is 3. The van der Waals surface area contributed by atoms with Crippen LogP contribution >= 0.6 is 0 Å². The lowest BCUT2D eigenvalue weighted by molar-refractivity contribution is -0.438. The minimum Gasteiger partial charge on any atom is -0.744 e. The number of hydrogen-bond donors (Lipinski definition) is 3. The van der Waals surface area contributed by atoms with E-state index in [1.807, 2.05) is 95.3 Å². The Labute approximate surface area is 336 Å². The average Bonchev–Trinajstić information content (AvgIpc) is 3.50. The first-order valence-corrected chi connectivity index (χ1v) is 22.0. The molecule has 2 heterocycles. The number of anilines is 1. The van der Waals surface area contributed by atoms with Crippen LogP contribution in [0.5, 0.6) is 0 Å². The zero-order valence-electron chi connectivity index (χ0n) is 33.1. The molecule has 0 unspecified atom stereocenters. The molecular weight excluding hydrogens is 765 g/mol. The average molecular weight is 817 g/mol. The Hall–Kier alpha value is -4.89. The highest BCUT2D eigenvalue weighted by atomic mass is 32.2. The number of likely N-dealkylation sites (N-methyl/N-ethyl adjacent to an activating group) is 1. The number of allylic oxidation sites excluding steroid dienone is 6. The van der Waals surface area contributed by atoms with E-state index in [1.165, 1.54) is 24.3 Å².